The minimum atomic E-state index is -1.22. The molecule has 3 N–H and O–H groups in total. The molecule has 1 saturated carbocycles. The van der Waals surface area contributed by atoms with Gasteiger partial charge in [-0.3, -0.25) is 4.79 Å². The van der Waals surface area contributed by atoms with Crippen LogP contribution >= 0.6 is 0 Å². The van der Waals surface area contributed by atoms with Gasteiger partial charge in [0.15, 0.2) is 0 Å². The minimum Gasteiger partial charge on any atom is -0.481 e. The molecule has 0 bridgehead atoms. The summed E-state index contributed by atoms with van der Waals surface area (Å²) in [5.41, 5.74) is 0. The van der Waals surface area contributed by atoms with Crippen molar-refractivity contribution in [3.05, 3.63) is 0 Å². The summed E-state index contributed by atoms with van der Waals surface area (Å²) in [5, 5.41) is 19.9. The molecule has 0 spiro atoms. The Hall–Kier alpha value is -1.79. The molecular weight excluding hydrogens is 252 g/mol. The van der Waals surface area contributed by atoms with Gasteiger partial charge in [-0.1, -0.05) is 0 Å². The smallest absolute Gasteiger partial charge is 0.326 e. The SMILES string of the molecule is CC(C1CC1)N(C)C(=O)N[C@@H](CCC(=O)O)C(=O)O. The topological polar surface area (TPSA) is 107 Å². The van der Waals surface area contributed by atoms with E-state index in [1.54, 1.807) is 7.05 Å². The Bertz CT molecular complexity index is 367. The number of amides is 2. The number of hydrogen-bond acceptors (Lipinski definition) is 3. The van der Waals surface area contributed by atoms with Gasteiger partial charge in [-0.25, -0.2) is 9.59 Å². The van der Waals surface area contributed by atoms with Crippen LogP contribution in [0.25, 0.3) is 0 Å². The van der Waals surface area contributed by atoms with Gasteiger partial charge in [-0.2, -0.15) is 0 Å². The van der Waals surface area contributed by atoms with Crippen LogP contribution in [-0.2, 0) is 9.59 Å². The zero-order valence-corrected chi connectivity index (χ0v) is 11.1. The van der Waals surface area contributed by atoms with Crippen LogP contribution in [0.4, 0.5) is 4.79 Å². The highest BCUT2D eigenvalue weighted by molar-refractivity contribution is 5.83. The van der Waals surface area contributed by atoms with Gasteiger partial charge >= 0.3 is 18.0 Å². The van der Waals surface area contributed by atoms with Crippen molar-refractivity contribution in [3.8, 4) is 0 Å². The maximum atomic E-state index is 11.9. The minimum absolute atomic E-state index is 0.0638. The van der Waals surface area contributed by atoms with E-state index >= 15 is 0 Å². The number of carbonyl (C=O) groups is 3. The fourth-order valence-electron chi connectivity index (χ4n) is 1.86. The van der Waals surface area contributed by atoms with Crippen molar-refractivity contribution >= 4 is 18.0 Å². The maximum Gasteiger partial charge on any atom is 0.326 e. The van der Waals surface area contributed by atoms with E-state index in [0.717, 1.165) is 12.8 Å². The summed E-state index contributed by atoms with van der Waals surface area (Å²) in [4.78, 5) is 34.8. The molecule has 0 aromatic rings. The van der Waals surface area contributed by atoms with E-state index in [4.69, 9.17) is 10.2 Å². The van der Waals surface area contributed by atoms with E-state index in [9.17, 15) is 14.4 Å². The zero-order chi connectivity index (χ0) is 14.6. The monoisotopic (exact) mass is 272 g/mol. The third kappa shape index (κ3) is 4.76. The molecule has 7 nitrogen and oxygen atoms in total. The summed E-state index contributed by atoms with van der Waals surface area (Å²) in [7, 11) is 1.62. The lowest BCUT2D eigenvalue weighted by atomic mass is 10.1. The fraction of sp³-hybridized carbons (Fsp3) is 0.750. The number of carboxylic acids is 2. The standard InChI is InChI=1S/C12H20N2O5/c1-7(8-3-4-8)14(2)12(19)13-9(11(17)18)5-6-10(15)16/h7-9H,3-6H2,1-2H3,(H,13,19)(H,15,16)(H,17,18)/t7?,9-/m0/s1. The molecule has 1 rings (SSSR count). The second-order valence-corrected chi connectivity index (χ2v) is 4.96. The lowest BCUT2D eigenvalue weighted by molar-refractivity contribution is -0.140. The molecule has 0 aromatic carbocycles. The first-order valence-electron chi connectivity index (χ1n) is 6.30. The first-order chi connectivity index (χ1) is 8.82. The number of nitrogens with one attached hydrogen (secondary N) is 1. The van der Waals surface area contributed by atoms with Gasteiger partial charge in [0, 0.05) is 19.5 Å². The second-order valence-electron chi connectivity index (χ2n) is 4.96. The van der Waals surface area contributed by atoms with Gasteiger partial charge in [-0.05, 0) is 32.1 Å². The Morgan fingerprint density at radius 1 is 1.32 bits per heavy atom. The Labute approximate surface area is 111 Å². The van der Waals surface area contributed by atoms with E-state index in [1.807, 2.05) is 6.92 Å². The second kappa shape index (κ2) is 6.40. The molecule has 19 heavy (non-hydrogen) atoms. The molecule has 0 saturated heterocycles. The number of urea groups is 1. The molecule has 1 aliphatic rings. The van der Waals surface area contributed by atoms with Gasteiger partial charge in [0.05, 0.1) is 0 Å². The molecule has 1 fully saturated rings. The van der Waals surface area contributed by atoms with Crippen LogP contribution in [0.3, 0.4) is 0 Å². The van der Waals surface area contributed by atoms with E-state index in [2.05, 4.69) is 5.32 Å². The average Bonchev–Trinajstić information content (AvgIpc) is 3.15. The summed E-state index contributed by atoms with van der Waals surface area (Å²) in [6.07, 6.45) is 1.75. The van der Waals surface area contributed by atoms with Gasteiger partial charge in [0.25, 0.3) is 0 Å². The molecule has 2 amide bonds. The van der Waals surface area contributed by atoms with Crippen LogP contribution in [0, 0.1) is 5.92 Å². The zero-order valence-electron chi connectivity index (χ0n) is 11.1. The molecule has 0 heterocycles. The fourth-order valence-corrected chi connectivity index (χ4v) is 1.86. The molecule has 1 aliphatic carbocycles. The van der Waals surface area contributed by atoms with E-state index in [1.165, 1.54) is 4.90 Å². The van der Waals surface area contributed by atoms with Crippen molar-refractivity contribution in [1.29, 1.82) is 0 Å². The van der Waals surface area contributed by atoms with Gasteiger partial charge in [0.1, 0.15) is 6.04 Å². The van der Waals surface area contributed by atoms with Gasteiger partial charge in [0.2, 0.25) is 0 Å². The molecule has 2 atom stereocenters. The molecular formula is C12H20N2O5. The van der Waals surface area contributed by atoms with Crippen LogP contribution in [0.5, 0.6) is 0 Å². The van der Waals surface area contributed by atoms with Crippen molar-refractivity contribution in [2.45, 2.75) is 44.7 Å². The summed E-state index contributed by atoms with van der Waals surface area (Å²) in [6, 6.07) is -1.58. The van der Waals surface area contributed by atoms with Crippen molar-refractivity contribution < 1.29 is 24.6 Å². The molecule has 7 heteroatoms. The average molecular weight is 272 g/mol. The maximum absolute atomic E-state index is 11.9. The van der Waals surface area contributed by atoms with Crippen molar-refractivity contribution in [2.75, 3.05) is 7.05 Å². The Morgan fingerprint density at radius 3 is 2.32 bits per heavy atom. The summed E-state index contributed by atoms with van der Waals surface area (Å²) >= 11 is 0. The van der Waals surface area contributed by atoms with Crippen LogP contribution in [0.15, 0.2) is 0 Å². The first-order valence-corrected chi connectivity index (χ1v) is 6.30. The predicted molar refractivity (Wildman–Crippen MR) is 66.8 cm³/mol. The largest absolute Gasteiger partial charge is 0.481 e. The molecule has 0 aromatic heterocycles. The van der Waals surface area contributed by atoms with Crippen LogP contribution in [0.1, 0.15) is 32.6 Å². The number of carboxylic acid groups (broad SMARTS) is 2. The van der Waals surface area contributed by atoms with Gasteiger partial charge < -0.3 is 20.4 Å². The van der Waals surface area contributed by atoms with Crippen LogP contribution in [0.2, 0.25) is 0 Å². The summed E-state index contributed by atoms with van der Waals surface area (Å²) in [6.45, 7) is 1.92. The van der Waals surface area contributed by atoms with E-state index in [-0.39, 0.29) is 18.9 Å². The quantitative estimate of drug-likeness (QED) is 0.633. The molecule has 1 unspecified atom stereocenters. The Kier molecular flexibility index (Phi) is 5.14. The number of hydrogen-bond donors (Lipinski definition) is 3. The van der Waals surface area contributed by atoms with Crippen LogP contribution in [-0.4, -0.2) is 52.2 Å². The molecule has 0 radical (unpaired) electrons. The molecule has 0 aliphatic heterocycles. The van der Waals surface area contributed by atoms with E-state index in [0.29, 0.717) is 5.92 Å². The third-order valence-electron chi connectivity index (χ3n) is 3.48. The number of carbonyl (C=O) groups excluding carboxylic acids is 1. The number of rotatable bonds is 7. The normalized spacial score (nSPS) is 17.4. The van der Waals surface area contributed by atoms with Crippen molar-refractivity contribution in [3.63, 3.8) is 0 Å². The summed E-state index contributed by atoms with van der Waals surface area (Å²) < 4.78 is 0. The van der Waals surface area contributed by atoms with Crippen LogP contribution < -0.4 is 5.32 Å². The number of aliphatic carboxylic acids is 2. The van der Waals surface area contributed by atoms with Crippen molar-refractivity contribution in [1.82, 2.24) is 10.2 Å². The highest BCUT2D eigenvalue weighted by atomic mass is 16.4. The summed E-state index contributed by atoms with van der Waals surface area (Å²) in [5.74, 6) is -1.82. The lowest BCUT2D eigenvalue weighted by Gasteiger charge is -2.26. The highest BCUT2D eigenvalue weighted by Gasteiger charge is 2.33. The third-order valence-corrected chi connectivity index (χ3v) is 3.48. The first kappa shape index (κ1) is 15.3. The Balaban J connectivity index is 2.49. The Morgan fingerprint density at radius 2 is 1.89 bits per heavy atom. The van der Waals surface area contributed by atoms with Gasteiger partial charge in [-0.15, -0.1) is 0 Å². The molecule has 108 valence electrons. The van der Waals surface area contributed by atoms with E-state index < -0.39 is 24.0 Å². The predicted octanol–water partition coefficient (Wildman–Crippen LogP) is 0.744. The highest BCUT2D eigenvalue weighted by Crippen LogP contribution is 2.34. The lowest BCUT2D eigenvalue weighted by Crippen LogP contribution is -2.49. The van der Waals surface area contributed by atoms with Crippen molar-refractivity contribution in [2.24, 2.45) is 5.92 Å². The number of nitrogens with zero attached hydrogens (tertiary/aromatic N) is 1.